The summed E-state index contributed by atoms with van der Waals surface area (Å²) in [7, 11) is -3.56. The van der Waals surface area contributed by atoms with Crippen LogP contribution in [-0.4, -0.2) is 26.1 Å². The molecule has 1 atom stereocenters. The van der Waals surface area contributed by atoms with Crippen LogP contribution >= 0.6 is 0 Å². The standard InChI is InChI=1S/C6H14O4S/c1-6(2,3)5(7)10-11(4,8)9/h5,7H,1-4H3. The Kier molecular flexibility index (Phi) is 3.05. The van der Waals surface area contributed by atoms with Crippen molar-refractivity contribution in [3.8, 4) is 0 Å². The van der Waals surface area contributed by atoms with Crippen LogP contribution in [0.2, 0.25) is 0 Å². The van der Waals surface area contributed by atoms with Crippen LogP contribution in [0.4, 0.5) is 0 Å². The molecule has 0 saturated heterocycles. The lowest BCUT2D eigenvalue weighted by atomic mass is 9.96. The summed E-state index contributed by atoms with van der Waals surface area (Å²) < 4.78 is 25.3. The Morgan fingerprint density at radius 2 is 1.73 bits per heavy atom. The van der Waals surface area contributed by atoms with Crippen molar-refractivity contribution in [3.05, 3.63) is 0 Å². The predicted octanol–water partition coefficient (Wildman–Crippen LogP) is 0.327. The van der Waals surface area contributed by atoms with Crippen LogP contribution in [0.15, 0.2) is 0 Å². The molecule has 0 aliphatic rings. The highest BCUT2D eigenvalue weighted by molar-refractivity contribution is 7.86. The van der Waals surface area contributed by atoms with E-state index in [2.05, 4.69) is 4.18 Å². The van der Waals surface area contributed by atoms with E-state index < -0.39 is 21.8 Å². The van der Waals surface area contributed by atoms with Crippen LogP contribution < -0.4 is 0 Å². The summed E-state index contributed by atoms with van der Waals surface area (Å²) in [4.78, 5) is 0. The number of aliphatic hydroxyl groups is 1. The van der Waals surface area contributed by atoms with Gasteiger partial charge in [0.1, 0.15) is 0 Å². The van der Waals surface area contributed by atoms with Gasteiger partial charge in [-0.05, 0) is 0 Å². The van der Waals surface area contributed by atoms with E-state index in [-0.39, 0.29) is 0 Å². The zero-order chi connectivity index (χ0) is 9.28. The molecule has 0 spiro atoms. The second kappa shape index (κ2) is 3.08. The monoisotopic (exact) mass is 182 g/mol. The predicted molar refractivity (Wildman–Crippen MR) is 41.4 cm³/mol. The van der Waals surface area contributed by atoms with E-state index in [0.717, 1.165) is 6.26 Å². The van der Waals surface area contributed by atoms with Crippen molar-refractivity contribution in [2.75, 3.05) is 6.26 Å². The molecule has 1 N–H and O–H groups in total. The molecule has 1 unspecified atom stereocenters. The first kappa shape index (κ1) is 10.9. The van der Waals surface area contributed by atoms with E-state index in [4.69, 9.17) is 5.11 Å². The third-order valence-corrected chi connectivity index (χ3v) is 1.54. The summed E-state index contributed by atoms with van der Waals surface area (Å²) in [6, 6.07) is 0. The third kappa shape index (κ3) is 5.17. The van der Waals surface area contributed by atoms with Gasteiger partial charge in [-0.15, -0.1) is 0 Å². The second-order valence-corrected chi connectivity index (χ2v) is 5.12. The topological polar surface area (TPSA) is 63.6 Å². The van der Waals surface area contributed by atoms with Gasteiger partial charge in [0.05, 0.1) is 6.26 Å². The highest BCUT2D eigenvalue weighted by Gasteiger charge is 2.26. The molecule has 0 bridgehead atoms. The molecule has 0 aliphatic heterocycles. The first-order chi connectivity index (χ1) is 4.63. The minimum Gasteiger partial charge on any atom is -0.366 e. The van der Waals surface area contributed by atoms with E-state index in [9.17, 15) is 8.42 Å². The van der Waals surface area contributed by atoms with Crippen molar-refractivity contribution < 1.29 is 17.7 Å². The van der Waals surface area contributed by atoms with Crippen molar-refractivity contribution in [2.45, 2.75) is 27.1 Å². The van der Waals surface area contributed by atoms with Crippen LogP contribution in [0, 0.1) is 5.41 Å². The molecule has 5 heteroatoms. The minimum absolute atomic E-state index is 0.580. The number of hydrogen-bond donors (Lipinski definition) is 1. The van der Waals surface area contributed by atoms with Gasteiger partial charge in [-0.2, -0.15) is 8.42 Å². The second-order valence-electron chi connectivity index (χ2n) is 3.52. The molecule has 0 aromatic heterocycles. The minimum atomic E-state index is -3.56. The molecular formula is C6H14O4S. The first-order valence-electron chi connectivity index (χ1n) is 3.19. The lowest BCUT2D eigenvalue weighted by molar-refractivity contribution is -0.0885. The summed E-state index contributed by atoms with van der Waals surface area (Å²) in [6.45, 7) is 5.05. The van der Waals surface area contributed by atoms with Crippen LogP contribution in [-0.2, 0) is 14.3 Å². The van der Waals surface area contributed by atoms with Crippen LogP contribution in [0.25, 0.3) is 0 Å². The molecule has 0 saturated carbocycles. The van der Waals surface area contributed by atoms with Gasteiger partial charge in [0, 0.05) is 5.41 Å². The maximum atomic E-state index is 10.5. The largest absolute Gasteiger partial charge is 0.366 e. The maximum absolute atomic E-state index is 10.5. The molecule has 0 aliphatic carbocycles. The van der Waals surface area contributed by atoms with Crippen LogP contribution in [0.3, 0.4) is 0 Å². The molecule has 0 aromatic rings. The number of hydrogen-bond acceptors (Lipinski definition) is 4. The molecule has 0 rings (SSSR count). The average molecular weight is 182 g/mol. The Morgan fingerprint density at radius 3 is 1.82 bits per heavy atom. The summed E-state index contributed by atoms with van der Waals surface area (Å²) in [5.74, 6) is 0. The third-order valence-electron chi connectivity index (χ3n) is 1.01. The van der Waals surface area contributed by atoms with Gasteiger partial charge in [0.25, 0.3) is 10.1 Å². The summed E-state index contributed by atoms with van der Waals surface area (Å²) in [6.07, 6.45) is -0.375. The highest BCUT2D eigenvalue weighted by atomic mass is 32.2. The highest BCUT2D eigenvalue weighted by Crippen LogP contribution is 2.20. The van der Waals surface area contributed by atoms with Gasteiger partial charge in [0.2, 0.25) is 0 Å². The zero-order valence-corrected chi connectivity index (χ0v) is 7.97. The quantitative estimate of drug-likeness (QED) is 0.493. The van der Waals surface area contributed by atoms with Crippen molar-refractivity contribution in [1.82, 2.24) is 0 Å². The first-order valence-corrected chi connectivity index (χ1v) is 5.01. The fourth-order valence-electron chi connectivity index (χ4n) is 0.310. The van der Waals surface area contributed by atoms with Gasteiger partial charge in [0.15, 0.2) is 6.29 Å². The summed E-state index contributed by atoms with van der Waals surface area (Å²) >= 11 is 0. The lowest BCUT2D eigenvalue weighted by Gasteiger charge is -2.23. The van der Waals surface area contributed by atoms with Gasteiger partial charge >= 0.3 is 0 Å². The van der Waals surface area contributed by atoms with E-state index in [0.29, 0.717) is 0 Å². The van der Waals surface area contributed by atoms with Crippen molar-refractivity contribution in [1.29, 1.82) is 0 Å². The van der Waals surface area contributed by atoms with Gasteiger partial charge in [-0.25, -0.2) is 4.18 Å². The SMILES string of the molecule is CC(C)(C)C(O)OS(C)(=O)=O. The Morgan fingerprint density at radius 1 is 1.36 bits per heavy atom. The van der Waals surface area contributed by atoms with Crippen molar-refractivity contribution >= 4 is 10.1 Å². The Bertz CT molecular complexity index is 211. The van der Waals surface area contributed by atoms with E-state index in [1.54, 1.807) is 20.8 Å². The average Bonchev–Trinajstić information content (AvgIpc) is 1.56. The number of rotatable bonds is 2. The fourth-order valence-corrected chi connectivity index (χ4v) is 0.930. The van der Waals surface area contributed by atoms with Gasteiger partial charge in [-0.1, -0.05) is 20.8 Å². The Labute approximate surface area is 67.3 Å². The van der Waals surface area contributed by atoms with Crippen LogP contribution in [0.1, 0.15) is 20.8 Å². The summed E-state index contributed by atoms with van der Waals surface area (Å²) in [5.41, 5.74) is -0.580. The molecule has 0 radical (unpaired) electrons. The molecule has 0 heterocycles. The zero-order valence-electron chi connectivity index (χ0n) is 7.16. The molecule has 11 heavy (non-hydrogen) atoms. The summed E-state index contributed by atoms with van der Waals surface area (Å²) in [5, 5.41) is 9.12. The fraction of sp³-hybridized carbons (Fsp3) is 1.00. The van der Waals surface area contributed by atoms with E-state index in [1.165, 1.54) is 0 Å². The Hall–Kier alpha value is -0.130. The smallest absolute Gasteiger partial charge is 0.266 e. The molecule has 68 valence electrons. The van der Waals surface area contributed by atoms with E-state index >= 15 is 0 Å². The maximum Gasteiger partial charge on any atom is 0.266 e. The molecule has 0 amide bonds. The number of aliphatic hydroxyl groups excluding tert-OH is 1. The van der Waals surface area contributed by atoms with Crippen molar-refractivity contribution in [2.24, 2.45) is 5.41 Å². The van der Waals surface area contributed by atoms with E-state index in [1.807, 2.05) is 0 Å². The molecule has 4 nitrogen and oxygen atoms in total. The molecule has 0 aromatic carbocycles. The van der Waals surface area contributed by atoms with Crippen LogP contribution in [0.5, 0.6) is 0 Å². The van der Waals surface area contributed by atoms with Gasteiger partial charge < -0.3 is 5.11 Å². The molecular weight excluding hydrogens is 168 g/mol. The Balaban J connectivity index is 4.21. The molecule has 0 fully saturated rings. The normalized spacial score (nSPS) is 16.5. The van der Waals surface area contributed by atoms with Gasteiger partial charge in [-0.3, -0.25) is 0 Å². The lowest BCUT2D eigenvalue weighted by Crippen LogP contribution is -2.30. The van der Waals surface area contributed by atoms with Crippen molar-refractivity contribution in [3.63, 3.8) is 0 Å².